The Kier molecular flexibility index (Phi) is 5.36. The SMILES string of the molecule is CCCn1nccc1C(NCC)C1CN(C)CCO1. The second kappa shape index (κ2) is 7.03. The molecule has 2 unspecified atom stereocenters. The summed E-state index contributed by atoms with van der Waals surface area (Å²) in [5.41, 5.74) is 1.24. The molecule has 1 aromatic rings. The molecule has 0 saturated carbocycles. The lowest BCUT2D eigenvalue weighted by Crippen LogP contribution is -2.47. The Balaban J connectivity index is 2.16. The Morgan fingerprint density at radius 3 is 3.05 bits per heavy atom. The van der Waals surface area contributed by atoms with Gasteiger partial charge in [0, 0.05) is 25.8 Å². The monoisotopic (exact) mass is 266 g/mol. The number of aromatic nitrogens is 2. The Morgan fingerprint density at radius 2 is 2.37 bits per heavy atom. The van der Waals surface area contributed by atoms with Gasteiger partial charge in [0.05, 0.1) is 24.4 Å². The van der Waals surface area contributed by atoms with Gasteiger partial charge in [-0.1, -0.05) is 13.8 Å². The second-order valence-electron chi connectivity index (χ2n) is 5.19. The summed E-state index contributed by atoms with van der Waals surface area (Å²) in [6.45, 7) is 9.01. The largest absolute Gasteiger partial charge is 0.374 e. The van der Waals surface area contributed by atoms with E-state index in [9.17, 15) is 0 Å². The smallest absolute Gasteiger partial charge is 0.0912 e. The molecule has 0 spiro atoms. The van der Waals surface area contributed by atoms with Crippen LogP contribution in [0.2, 0.25) is 0 Å². The molecule has 0 amide bonds. The van der Waals surface area contributed by atoms with Gasteiger partial charge in [-0.3, -0.25) is 4.68 Å². The Labute approximate surface area is 115 Å². The van der Waals surface area contributed by atoms with E-state index in [1.165, 1.54) is 5.69 Å². The van der Waals surface area contributed by atoms with Crippen molar-refractivity contribution in [1.29, 1.82) is 0 Å². The number of ether oxygens (including phenoxy) is 1. The van der Waals surface area contributed by atoms with Gasteiger partial charge in [-0.05, 0) is 26.1 Å². The normalized spacial score (nSPS) is 22.6. The molecule has 1 saturated heterocycles. The quantitative estimate of drug-likeness (QED) is 0.842. The van der Waals surface area contributed by atoms with E-state index in [0.29, 0.717) is 0 Å². The highest BCUT2D eigenvalue weighted by atomic mass is 16.5. The molecule has 0 bridgehead atoms. The van der Waals surface area contributed by atoms with Crippen molar-refractivity contribution in [3.05, 3.63) is 18.0 Å². The molecule has 2 rings (SSSR count). The molecule has 2 atom stereocenters. The first-order chi connectivity index (χ1) is 9.26. The average Bonchev–Trinajstić information content (AvgIpc) is 2.84. The van der Waals surface area contributed by atoms with Crippen LogP contribution in [-0.2, 0) is 11.3 Å². The van der Waals surface area contributed by atoms with Gasteiger partial charge in [0.1, 0.15) is 0 Å². The topological polar surface area (TPSA) is 42.3 Å². The molecule has 2 heterocycles. The number of nitrogens with one attached hydrogen (secondary N) is 1. The molecule has 1 aliphatic rings. The van der Waals surface area contributed by atoms with Crippen molar-refractivity contribution in [2.45, 2.75) is 39.0 Å². The zero-order valence-electron chi connectivity index (χ0n) is 12.3. The number of morpholine rings is 1. The van der Waals surface area contributed by atoms with Gasteiger partial charge in [-0.2, -0.15) is 5.10 Å². The second-order valence-corrected chi connectivity index (χ2v) is 5.19. The zero-order valence-corrected chi connectivity index (χ0v) is 12.3. The standard InChI is InChI=1S/C14H26N4O/c1-4-8-18-12(6-7-16-18)14(15-5-2)13-11-17(3)9-10-19-13/h6-7,13-15H,4-5,8-11H2,1-3H3. The van der Waals surface area contributed by atoms with Gasteiger partial charge in [0.25, 0.3) is 0 Å². The third-order valence-electron chi connectivity index (χ3n) is 3.60. The highest BCUT2D eigenvalue weighted by molar-refractivity contribution is 5.10. The van der Waals surface area contributed by atoms with Crippen LogP contribution in [0.15, 0.2) is 12.3 Å². The van der Waals surface area contributed by atoms with Crippen LogP contribution in [0, 0.1) is 0 Å². The lowest BCUT2D eigenvalue weighted by atomic mass is 10.1. The van der Waals surface area contributed by atoms with Crippen LogP contribution < -0.4 is 5.32 Å². The number of likely N-dealkylation sites (N-methyl/N-ethyl adjacent to an activating group) is 2. The van der Waals surface area contributed by atoms with E-state index < -0.39 is 0 Å². The molecule has 1 N–H and O–H groups in total. The summed E-state index contributed by atoms with van der Waals surface area (Å²) >= 11 is 0. The van der Waals surface area contributed by atoms with Crippen molar-refractivity contribution in [1.82, 2.24) is 20.0 Å². The van der Waals surface area contributed by atoms with E-state index in [-0.39, 0.29) is 12.1 Å². The fraction of sp³-hybridized carbons (Fsp3) is 0.786. The Bertz CT molecular complexity index is 379. The number of hydrogen-bond acceptors (Lipinski definition) is 4. The predicted octanol–water partition coefficient (Wildman–Crippen LogP) is 1.27. The van der Waals surface area contributed by atoms with E-state index in [1.54, 1.807) is 0 Å². The van der Waals surface area contributed by atoms with Gasteiger partial charge in [0.15, 0.2) is 0 Å². The van der Waals surface area contributed by atoms with Gasteiger partial charge in [-0.25, -0.2) is 0 Å². The maximum atomic E-state index is 5.97. The predicted molar refractivity (Wildman–Crippen MR) is 76.2 cm³/mol. The third-order valence-corrected chi connectivity index (χ3v) is 3.60. The van der Waals surface area contributed by atoms with Gasteiger partial charge in [-0.15, -0.1) is 0 Å². The van der Waals surface area contributed by atoms with E-state index >= 15 is 0 Å². The highest BCUT2D eigenvalue weighted by Crippen LogP contribution is 2.22. The summed E-state index contributed by atoms with van der Waals surface area (Å²) in [7, 11) is 2.15. The number of rotatable bonds is 6. The summed E-state index contributed by atoms with van der Waals surface area (Å²) in [4.78, 5) is 2.33. The average molecular weight is 266 g/mol. The summed E-state index contributed by atoms with van der Waals surface area (Å²) in [6.07, 6.45) is 3.19. The molecular formula is C14H26N4O. The van der Waals surface area contributed by atoms with Crippen LogP contribution >= 0.6 is 0 Å². The fourth-order valence-corrected chi connectivity index (χ4v) is 2.66. The number of nitrogens with zero attached hydrogens (tertiary/aromatic N) is 3. The van der Waals surface area contributed by atoms with Gasteiger partial charge >= 0.3 is 0 Å². The molecular weight excluding hydrogens is 240 g/mol. The summed E-state index contributed by atoms with van der Waals surface area (Å²) < 4.78 is 8.08. The van der Waals surface area contributed by atoms with Crippen molar-refractivity contribution >= 4 is 0 Å². The molecule has 0 radical (unpaired) electrons. The van der Waals surface area contributed by atoms with Crippen LogP contribution in [-0.4, -0.2) is 54.1 Å². The third kappa shape index (κ3) is 3.55. The summed E-state index contributed by atoms with van der Waals surface area (Å²) in [6, 6.07) is 2.34. The maximum absolute atomic E-state index is 5.97. The lowest BCUT2D eigenvalue weighted by Gasteiger charge is -2.35. The minimum Gasteiger partial charge on any atom is -0.374 e. The first kappa shape index (κ1) is 14.5. The first-order valence-corrected chi connectivity index (χ1v) is 7.31. The van der Waals surface area contributed by atoms with Gasteiger partial charge in [0.2, 0.25) is 0 Å². The number of aryl methyl sites for hydroxylation is 1. The Hall–Kier alpha value is -0.910. The van der Waals surface area contributed by atoms with E-state index in [2.05, 4.69) is 47.0 Å². The van der Waals surface area contributed by atoms with Crippen LogP contribution in [0.5, 0.6) is 0 Å². The maximum Gasteiger partial charge on any atom is 0.0912 e. The summed E-state index contributed by atoms with van der Waals surface area (Å²) in [5, 5.41) is 7.99. The summed E-state index contributed by atoms with van der Waals surface area (Å²) in [5.74, 6) is 0. The lowest BCUT2D eigenvalue weighted by molar-refractivity contribution is -0.0404. The molecule has 19 heavy (non-hydrogen) atoms. The highest BCUT2D eigenvalue weighted by Gasteiger charge is 2.29. The molecule has 5 nitrogen and oxygen atoms in total. The molecule has 5 heteroatoms. The van der Waals surface area contributed by atoms with Crippen molar-refractivity contribution in [2.24, 2.45) is 0 Å². The first-order valence-electron chi connectivity index (χ1n) is 7.31. The van der Waals surface area contributed by atoms with Crippen LogP contribution in [0.1, 0.15) is 32.0 Å². The molecule has 1 aliphatic heterocycles. The van der Waals surface area contributed by atoms with Gasteiger partial charge < -0.3 is 15.0 Å². The Morgan fingerprint density at radius 1 is 1.53 bits per heavy atom. The zero-order chi connectivity index (χ0) is 13.7. The van der Waals surface area contributed by atoms with Crippen LogP contribution in [0.3, 0.4) is 0 Å². The molecule has 1 fully saturated rings. The van der Waals surface area contributed by atoms with Crippen molar-refractivity contribution in [2.75, 3.05) is 33.3 Å². The van der Waals surface area contributed by atoms with Crippen molar-refractivity contribution < 1.29 is 4.74 Å². The van der Waals surface area contributed by atoms with Crippen molar-refractivity contribution in [3.8, 4) is 0 Å². The van der Waals surface area contributed by atoms with Crippen LogP contribution in [0.4, 0.5) is 0 Å². The van der Waals surface area contributed by atoms with E-state index in [0.717, 1.165) is 39.2 Å². The van der Waals surface area contributed by atoms with E-state index in [4.69, 9.17) is 4.74 Å². The molecule has 0 aliphatic carbocycles. The minimum absolute atomic E-state index is 0.200. The van der Waals surface area contributed by atoms with Crippen molar-refractivity contribution in [3.63, 3.8) is 0 Å². The minimum atomic E-state index is 0.200. The molecule has 0 aromatic carbocycles. The van der Waals surface area contributed by atoms with Crippen LogP contribution in [0.25, 0.3) is 0 Å². The molecule has 108 valence electrons. The fourth-order valence-electron chi connectivity index (χ4n) is 2.66. The van der Waals surface area contributed by atoms with E-state index in [1.807, 2.05) is 6.20 Å². The molecule has 1 aromatic heterocycles. The number of hydrogen-bond donors (Lipinski definition) is 1.